The Kier molecular flexibility index (Phi) is 2.82. The largest absolute Gasteiger partial charge is 0.457 e. The number of hydrogen-bond acceptors (Lipinski definition) is 3. The van der Waals surface area contributed by atoms with Gasteiger partial charge in [-0.25, -0.2) is 8.78 Å². The molecule has 2 rings (SSSR count). The van der Waals surface area contributed by atoms with Gasteiger partial charge in [0.2, 0.25) is 0 Å². The van der Waals surface area contributed by atoms with Crippen LogP contribution in [-0.2, 0) is 0 Å². The first kappa shape index (κ1) is 11.2. The van der Waals surface area contributed by atoms with Crippen LogP contribution in [0.4, 0.5) is 20.2 Å². The Morgan fingerprint density at radius 3 is 1.88 bits per heavy atom. The van der Waals surface area contributed by atoms with Gasteiger partial charge in [-0.15, -0.1) is 0 Å². The highest BCUT2D eigenvalue weighted by Gasteiger charge is 2.08. The molecule has 0 spiro atoms. The van der Waals surface area contributed by atoms with E-state index in [1.54, 1.807) is 24.3 Å². The van der Waals surface area contributed by atoms with Crippen molar-refractivity contribution in [2.24, 2.45) is 0 Å². The number of benzene rings is 2. The number of nitrogen functional groups attached to an aromatic ring is 2. The smallest absolute Gasteiger partial charge is 0.152 e. The van der Waals surface area contributed by atoms with E-state index in [2.05, 4.69) is 0 Å². The number of nitrogens with two attached hydrogens (primary N) is 2. The second-order valence-corrected chi connectivity index (χ2v) is 3.47. The summed E-state index contributed by atoms with van der Waals surface area (Å²) in [6.07, 6.45) is 0. The van der Waals surface area contributed by atoms with Crippen molar-refractivity contribution in [3.63, 3.8) is 0 Å². The van der Waals surface area contributed by atoms with E-state index in [0.29, 0.717) is 11.4 Å². The molecule has 0 aliphatic rings. The summed E-state index contributed by atoms with van der Waals surface area (Å²) in [4.78, 5) is 0. The second kappa shape index (κ2) is 4.29. The summed E-state index contributed by atoms with van der Waals surface area (Å²) in [7, 11) is 0. The lowest BCUT2D eigenvalue weighted by Crippen LogP contribution is -1.96. The molecule has 5 heteroatoms. The van der Waals surface area contributed by atoms with Crippen molar-refractivity contribution in [3.05, 3.63) is 48.0 Å². The minimum atomic E-state index is -0.851. The van der Waals surface area contributed by atoms with E-state index in [1.807, 2.05) is 0 Å². The standard InChI is InChI=1S/C12H10F2N2O/c13-10-5-9(6-11(14)12(10)16)17-8-3-1-7(15)2-4-8/h1-6H,15-16H2. The van der Waals surface area contributed by atoms with Gasteiger partial charge in [-0.3, -0.25) is 0 Å². The average Bonchev–Trinajstić information content (AvgIpc) is 2.29. The van der Waals surface area contributed by atoms with Gasteiger partial charge in [-0.1, -0.05) is 0 Å². The van der Waals surface area contributed by atoms with E-state index in [1.165, 1.54) is 0 Å². The molecular formula is C12H10F2N2O. The van der Waals surface area contributed by atoms with E-state index < -0.39 is 17.3 Å². The summed E-state index contributed by atoms with van der Waals surface area (Å²) in [5, 5.41) is 0. The molecule has 0 radical (unpaired) electrons. The third-order valence-corrected chi connectivity index (χ3v) is 2.17. The minimum Gasteiger partial charge on any atom is -0.457 e. The molecule has 4 N–H and O–H groups in total. The van der Waals surface area contributed by atoms with Gasteiger partial charge >= 0.3 is 0 Å². The van der Waals surface area contributed by atoms with E-state index in [9.17, 15) is 8.78 Å². The maximum absolute atomic E-state index is 13.1. The molecule has 3 nitrogen and oxygen atoms in total. The van der Waals surface area contributed by atoms with Crippen LogP contribution < -0.4 is 16.2 Å². The van der Waals surface area contributed by atoms with E-state index >= 15 is 0 Å². The zero-order valence-electron chi connectivity index (χ0n) is 8.78. The van der Waals surface area contributed by atoms with Gasteiger partial charge in [0.25, 0.3) is 0 Å². The van der Waals surface area contributed by atoms with Crippen LogP contribution in [0.15, 0.2) is 36.4 Å². The van der Waals surface area contributed by atoms with Crippen molar-refractivity contribution in [3.8, 4) is 11.5 Å². The van der Waals surface area contributed by atoms with Crippen LogP contribution in [0.25, 0.3) is 0 Å². The third-order valence-electron chi connectivity index (χ3n) is 2.17. The highest BCUT2D eigenvalue weighted by atomic mass is 19.1. The topological polar surface area (TPSA) is 61.3 Å². The molecule has 0 saturated heterocycles. The fourth-order valence-corrected chi connectivity index (χ4v) is 1.29. The van der Waals surface area contributed by atoms with E-state index in [-0.39, 0.29) is 5.75 Å². The predicted octanol–water partition coefficient (Wildman–Crippen LogP) is 2.92. The third kappa shape index (κ3) is 2.44. The molecule has 2 aromatic rings. The molecule has 0 aliphatic heterocycles. The van der Waals surface area contributed by atoms with Crippen LogP contribution in [0, 0.1) is 11.6 Å². The van der Waals surface area contributed by atoms with Crippen molar-refractivity contribution in [1.82, 2.24) is 0 Å². The predicted molar refractivity (Wildman–Crippen MR) is 61.7 cm³/mol. The number of hydrogen-bond donors (Lipinski definition) is 2. The first-order chi connectivity index (χ1) is 8.06. The zero-order valence-corrected chi connectivity index (χ0v) is 8.78. The molecule has 88 valence electrons. The van der Waals surface area contributed by atoms with Gasteiger partial charge in [-0.05, 0) is 24.3 Å². The Morgan fingerprint density at radius 2 is 1.35 bits per heavy atom. The van der Waals surface area contributed by atoms with Gasteiger partial charge < -0.3 is 16.2 Å². The molecule has 0 fully saturated rings. The number of anilines is 2. The normalized spacial score (nSPS) is 10.2. The lowest BCUT2D eigenvalue weighted by atomic mass is 10.2. The summed E-state index contributed by atoms with van der Waals surface area (Å²) < 4.78 is 31.5. The number of rotatable bonds is 2. The van der Waals surface area contributed by atoms with Crippen molar-refractivity contribution in [1.29, 1.82) is 0 Å². The monoisotopic (exact) mass is 236 g/mol. The lowest BCUT2D eigenvalue weighted by molar-refractivity contribution is 0.469. The number of ether oxygens (including phenoxy) is 1. The molecule has 2 aromatic carbocycles. The molecule has 0 heterocycles. The maximum atomic E-state index is 13.1. The van der Waals surface area contributed by atoms with Crippen LogP contribution in [0.2, 0.25) is 0 Å². The first-order valence-corrected chi connectivity index (χ1v) is 4.84. The second-order valence-electron chi connectivity index (χ2n) is 3.47. The number of halogens is 2. The van der Waals surface area contributed by atoms with E-state index in [4.69, 9.17) is 16.2 Å². The van der Waals surface area contributed by atoms with Crippen molar-refractivity contribution >= 4 is 11.4 Å². The summed E-state index contributed by atoms with van der Waals surface area (Å²) in [6.45, 7) is 0. The quantitative estimate of drug-likeness (QED) is 0.788. The highest BCUT2D eigenvalue weighted by molar-refractivity contribution is 5.47. The molecule has 0 aliphatic carbocycles. The molecule has 0 atom stereocenters. The zero-order chi connectivity index (χ0) is 12.4. The molecule has 0 aromatic heterocycles. The Bertz CT molecular complexity index is 518. The summed E-state index contributed by atoms with van der Waals surface area (Å²) in [6, 6.07) is 8.49. The first-order valence-electron chi connectivity index (χ1n) is 4.84. The van der Waals surface area contributed by atoms with Gasteiger partial charge in [0.05, 0.1) is 0 Å². The van der Waals surface area contributed by atoms with Crippen LogP contribution in [-0.4, -0.2) is 0 Å². The van der Waals surface area contributed by atoms with Gasteiger partial charge in [0.1, 0.15) is 17.2 Å². The molecule has 0 unspecified atom stereocenters. The summed E-state index contributed by atoms with van der Waals surface area (Å²) in [5.74, 6) is -1.23. The Hall–Kier alpha value is -2.30. The summed E-state index contributed by atoms with van der Waals surface area (Å²) >= 11 is 0. The fourth-order valence-electron chi connectivity index (χ4n) is 1.29. The van der Waals surface area contributed by atoms with Crippen molar-refractivity contribution < 1.29 is 13.5 Å². The van der Waals surface area contributed by atoms with Crippen LogP contribution in [0.5, 0.6) is 11.5 Å². The van der Waals surface area contributed by atoms with Gasteiger partial charge in [0.15, 0.2) is 11.6 Å². The minimum absolute atomic E-state index is 0.0407. The maximum Gasteiger partial charge on any atom is 0.152 e. The highest BCUT2D eigenvalue weighted by Crippen LogP contribution is 2.27. The average molecular weight is 236 g/mol. The van der Waals surface area contributed by atoms with Crippen molar-refractivity contribution in [2.45, 2.75) is 0 Å². The fraction of sp³-hybridized carbons (Fsp3) is 0. The molecule has 0 bridgehead atoms. The van der Waals surface area contributed by atoms with Crippen LogP contribution in [0.3, 0.4) is 0 Å². The Balaban J connectivity index is 2.27. The van der Waals surface area contributed by atoms with E-state index in [0.717, 1.165) is 12.1 Å². The van der Waals surface area contributed by atoms with Gasteiger partial charge in [0, 0.05) is 17.8 Å². The van der Waals surface area contributed by atoms with Crippen LogP contribution in [0.1, 0.15) is 0 Å². The molecular weight excluding hydrogens is 226 g/mol. The van der Waals surface area contributed by atoms with Gasteiger partial charge in [-0.2, -0.15) is 0 Å². The van der Waals surface area contributed by atoms with Crippen LogP contribution >= 0.6 is 0 Å². The van der Waals surface area contributed by atoms with Crippen molar-refractivity contribution in [2.75, 3.05) is 11.5 Å². The molecule has 17 heavy (non-hydrogen) atoms. The summed E-state index contributed by atoms with van der Waals surface area (Å²) in [5.41, 5.74) is 10.7. The lowest BCUT2D eigenvalue weighted by Gasteiger charge is -2.07. The SMILES string of the molecule is Nc1ccc(Oc2cc(F)c(N)c(F)c2)cc1. The Morgan fingerprint density at radius 1 is 0.824 bits per heavy atom. The molecule has 0 amide bonds. The molecule has 0 saturated carbocycles. The Labute approximate surface area is 96.6 Å².